The van der Waals surface area contributed by atoms with Gasteiger partial charge in [-0.15, -0.1) is 0 Å². The molecule has 1 aliphatic heterocycles. The van der Waals surface area contributed by atoms with Crippen molar-refractivity contribution >= 4 is 39.3 Å². The summed E-state index contributed by atoms with van der Waals surface area (Å²) in [6.45, 7) is 0.633. The minimum Gasteiger partial charge on any atom is -0.352 e. The van der Waals surface area contributed by atoms with Crippen molar-refractivity contribution in [3.05, 3.63) is 38.3 Å². The number of halogens is 1. The topological polar surface area (TPSA) is 72.2 Å². The van der Waals surface area contributed by atoms with E-state index in [9.17, 15) is 14.9 Å². The predicted molar refractivity (Wildman–Crippen MR) is 83.2 cm³/mol. The highest BCUT2D eigenvalue weighted by molar-refractivity contribution is 9.10. The Hall–Kier alpha value is -1.08. The number of benzene rings is 1. The number of nitrogens with zero attached hydrogens (tertiary/aromatic N) is 1. The normalized spacial score (nSPS) is 15.8. The Morgan fingerprint density at radius 1 is 1.45 bits per heavy atom. The van der Waals surface area contributed by atoms with Gasteiger partial charge in [0.2, 0.25) is 0 Å². The first-order valence-corrected chi connectivity index (χ1v) is 8.32. The zero-order valence-electron chi connectivity index (χ0n) is 10.8. The molecule has 0 aromatic heterocycles. The van der Waals surface area contributed by atoms with Gasteiger partial charge in [-0.1, -0.05) is 0 Å². The van der Waals surface area contributed by atoms with E-state index in [1.54, 1.807) is 0 Å². The number of nitrogens with one attached hydrogen (secondary N) is 1. The molecule has 0 unspecified atom stereocenters. The summed E-state index contributed by atoms with van der Waals surface area (Å²) in [5.74, 6) is 2.53. The molecule has 0 bridgehead atoms. The Morgan fingerprint density at radius 2 is 2.15 bits per heavy atom. The molecule has 1 N–H and O–H groups in total. The summed E-state index contributed by atoms with van der Waals surface area (Å²) < 4.78 is 0.569. The van der Waals surface area contributed by atoms with Crippen LogP contribution in [0.25, 0.3) is 0 Å². The standard InChI is InChI=1S/C13H15BrN2O3S/c14-12-2-1-10(16(18)19)7-11(12)13(17)15-8-9-3-5-20-6-4-9/h1-2,7,9H,3-6,8H2,(H,15,17). The maximum Gasteiger partial charge on any atom is 0.270 e. The van der Waals surface area contributed by atoms with Crippen molar-refractivity contribution in [2.24, 2.45) is 5.92 Å². The van der Waals surface area contributed by atoms with Crippen molar-refractivity contribution in [2.45, 2.75) is 12.8 Å². The fourth-order valence-electron chi connectivity index (χ4n) is 2.08. The largest absolute Gasteiger partial charge is 0.352 e. The summed E-state index contributed by atoms with van der Waals surface area (Å²) in [4.78, 5) is 22.4. The molecule has 0 saturated carbocycles. The van der Waals surface area contributed by atoms with Crippen molar-refractivity contribution in [2.75, 3.05) is 18.1 Å². The number of thioether (sulfide) groups is 1. The van der Waals surface area contributed by atoms with E-state index in [1.165, 1.54) is 18.2 Å². The SMILES string of the molecule is O=C(NCC1CCSCC1)c1cc([N+](=O)[O-])ccc1Br. The maximum absolute atomic E-state index is 12.1. The smallest absolute Gasteiger partial charge is 0.270 e. The first-order chi connectivity index (χ1) is 9.58. The van der Waals surface area contributed by atoms with Crippen LogP contribution in [0.5, 0.6) is 0 Å². The number of amides is 1. The zero-order valence-corrected chi connectivity index (χ0v) is 13.2. The molecule has 1 aromatic carbocycles. The lowest BCUT2D eigenvalue weighted by atomic mass is 10.0. The molecule has 0 aliphatic carbocycles. The lowest BCUT2D eigenvalue weighted by molar-refractivity contribution is -0.384. The third-order valence-electron chi connectivity index (χ3n) is 3.30. The minimum atomic E-state index is -0.498. The van der Waals surface area contributed by atoms with Crippen LogP contribution in [-0.4, -0.2) is 28.9 Å². The molecule has 0 atom stereocenters. The molecule has 5 nitrogen and oxygen atoms in total. The number of hydrogen-bond acceptors (Lipinski definition) is 4. The molecule has 1 aliphatic rings. The van der Waals surface area contributed by atoms with Gasteiger partial charge in [0.1, 0.15) is 0 Å². The molecular formula is C13H15BrN2O3S. The summed E-state index contributed by atoms with van der Waals surface area (Å²) >= 11 is 5.20. The predicted octanol–water partition coefficient (Wildman–Crippen LogP) is 3.23. The second-order valence-electron chi connectivity index (χ2n) is 4.69. The van der Waals surface area contributed by atoms with E-state index in [0.29, 0.717) is 22.5 Å². The van der Waals surface area contributed by atoms with Gasteiger partial charge in [-0.25, -0.2) is 0 Å². The lowest BCUT2D eigenvalue weighted by Crippen LogP contribution is -2.31. The Labute approximate surface area is 129 Å². The summed E-state index contributed by atoms with van der Waals surface area (Å²) in [7, 11) is 0. The Bertz CT molecular complexity index is 518. The van der Waals surface area contributed by atoms with Crippen LogP contribution in [0.2, 0.25) is 0 Å². The highest BCUT2D eigenvalue weighted by atomic mass is 79.9. The van der Waals surface area contributed by atoms with Crippen molar-refractivity contribution in [1.29, 1.82) is 0 Å². The van der Waals surface area contributed by atoms with E-state index in [-0.39, 0.29) is 11.6 Å². The summed E-state index contributed by atoms with van der Waals surface area (Å²) in [6, 6.07) is 4.21. The van der Waals surface area contributed by atoms with E-state index in [1.807, 2.05) is 11.8 Å². The highest BCUT2D eigenvalue weighted by Crippen LogP contribution is 2.24. The van der Waals surface area contributed by atoms with Crippen molar-refractivity contribution in [3.8, 4) is 0 Å². The first kappa shape index (κ1) is 15.3. The van der Waals surface area contributed by atoms with E-state index >= 15 is 0 Å². The monoisotopic (exact) mass is 358 g/mol. The molecular weight excluding hydrogens is 344 g/mol. The third kappa shape index (κ3) is 3.96. The Kier molecular flexibility index (Phi) is 5.42. The van der Waals surface area contributed by atoms with E-state index in [4.69, 9.17) is 0 Å². The van der Waals surface area contributed by atoms with Crippen LogP contribution < -0.4 is 5.32 Å². The molecule has 0 spiro atoms. The molecule has 1 saturated heterocycles. The van der Waals surface area contributed by atoms with Crippen molar-refractivity contribution < 1.29 is 9.72 Å². The van der Waals surface area contributed by atoms with Gasteiger partial charge in [-0.3, -0.25) is 14.9 Å². The van der Waals surface area contributed by atoms with Gasteiger partial charge in [-0.05, 0) is 52.3 Å². The number of carbonyl (C=O) groups excluding carboxylic acids is 1. The Balaban J connectivity index is 2.00. The summed E-state index contributed by atoms with van der Waals surface area (Å²) in [6.07, 6.45) is 2.22. The van der Waals surface area contributed by atoms with E-state index < -0.39 is 4.92 Å². The second kappa shape index (κ2) is 7.08. The van der Waals surface area contributed by atoms with Crippen LogP contribution in [0, 0.1) is 16.0 Å². The Morgan fingerprint density at radius 3 is 2.80 bits per heavy atom. The number of rotatable bonds is 4. The van der Waals surface area contributed by atoms with Crippen LogP contribution in [0.1, 0.15) is 23.2 Å². The third-order valence-corrected chi connectivity index (χ3v) is 5.04. The van der Waals surface area contributed by atoms with Gasteiger partial charge in [0.25, 0.3) is 11.6 Å². The first-order valence-electron chi connectivity index (χ1n) is 6.38. The number of nitro benzene ring substituents is 1. The molecule has 1 heterocycles. The van der Waals surface area contributed by atoms with Gasteiger partial charge in [0.15, 0.2) is 0 Å². The average Bonchev–Trinajstić information content (AvgIpc) is 2.46. The fourth-order valence-corrected chi connectivity index (χ4v) is 3.71. The molecule has 1 aromatic rings. The van der Waals surface area contributed by atoms with Gasteiger partial charge in [0, 0.05) is 23.2 Å². The quantitative estimate of drug-likeness (QED) is 0.662. The number of non-ortho nitro benzene ring substituents is 1. The minimum absolute atomic E-state index is 0.0765. The maximum atomic E-state index is 12.1. The van der Waals surface area contributed by atoms with Crippen LogP contribution >= 0.6 is 27.7 Å². The molecule has 7 heteroatoms. The average molecular weight is 359 g/mol. The zero-order chi connectivity index (χ0) is 14.5. The number of carbonyl (C=O) groups is 1. The fraction of sp³-hybridized carbons (Fsp3) is 0.462. The second-order valence-corrected chi connectivity index (χ2v) is 6.77. The van der Waals surface area contributed by atoms with Crippen LogP contribution in [0.4, 0.5) is 5.69 Å². The molecule has 1 fully saturated rings. The molecule has 1 amide bonds. The van der Waals surface area contributed by atoms with Crippen LogP contribution in [-0.2, 0) is 0 Å². The van der Waals surface area contributed by atoms with E-state index in [2.05, 4.69) is 21.2 Å². The lowest BCUT2D eigenvalue weighted by Gasteiger charge is -2.21. The van der Waals surface area contributed by atoms with Crippen LogP contribution in [0.15, 0.2) is 22.7 Å². The molecule has 2 rings (SSSR count). The van der Waals surface area contributed by atoms with Crippen molar-refractivity contribution in [1.82, 2.24) is 5.32 Å². The van der Waals surface area contributed by atoms with Gasteiger partial charge < -0.3 is 5.32 Å². The van der Waals surface area contributed by atoms with Gasteiger partial charge in [0.05, 0.1) is 10.5 Å². The summed E-state index contributed by atoms with van der Waals surface area (Å²) in [5, 5.41) is 13.6. The van der Waals surface area contributed by atoms with E-state index in [0.717, 1.165) is 24.3 Å². The molecule has 20 heavy (non-hydrogen) atoms. The number of nitro groups is 1. The summed E-state index contributed by atoms with van der Waals surface area (Å²) in [5.41, 5.74) is 0.233. The van der Waals surface area contributed by atoms with Crippen LogP contribution in [0.3, 0.4) is 0 Å². The van der Waals surface area contributed by atoms with Gasteiger partial charge in [-0.2, -0.15) is 11.8 Å². The van der Waals surface area contributed by atoms with Crippen molar-refractivity contribution in [3.63, 3.8) is 0 Å². The molecule has 108 valence electrons. The molecule has 0 radical (unpaired) electrons. The highest BCUT2D eigenvalue weighted by Gasteiger charge is 2.18. The van der Waals surface area contributed by atoms with Gasteiger partial charge >= 0.3 is 0 Å². The number of hydrogen-bond donors (Lipinski definition) is 1.